The number of aromatic nitrogens is 1. The van der Waals surface area contributed by atoms with Crippen LogP contribution in [0.5, 0.6) is 11.5 Å². The zero-order valence-electron chi connectivity index (χ0n) is 9.00. The fraction of sp³-hybridized carbons (Fsp3) is 0.182. The van der Waals surface area contributed by atoms with Gasteiger partial charge in [0.1, 0.15) is 11.8 Å². The summed E-state index contributed by atoms with van der Waals surface area (Å²) < 4.78 is 10.3. The van der Waals surface area contributed by atoms with Gasteiger partial charge in [-0.25, -0.2) is 0 Å². The standard InChI is InChI=1S/C11H11N3O2/c1-15-9-3-6-7(4-10(9)16-2)14-8(5-12)11(6)13/h3-4,14H,13H2,1-2H3. The molecule has 0 radical (unpaired) electrons. The van der Waals surface area contributed by atoms with Gasteiger partial charge in [0.25, 0.3) is 0 Å². The number of H-pyrrole nitrogens is 1. The lowest BCUT2D eigenvalue weighted by Crippen LogP contribution is -1.90. The number of methoxy groups -OCH3 is 2. The van der Waals surface area contributed by atoms with Crippen molar-refractivity contribution in [2.45, 2.75) is 0 Å². The summed E-state index contributed by atoms with van der Waals surface area (Å²) in [4.78, 5) is 2.92. The Morgan fingerprint density at radius 1 is 1.25 bits per heavy atom. The van der Waals surface area contributed by atoms with Gasteiger partial charge in [0.2, 0.25) is 0 Å². The second-order valence-electron chi connectivity index (χ2n) is 3.28. The summed E-state index contributed by atoms with van der Waals surface area (Å²) in [5.41, 5.74) is 7.35. The van der Waals surface area contributed by atoms with Crippen molar-refractivity contribution in [3.8, 4) is 17.6 Å². The zero-order chi connectivity index (χ0) is 11.7. The minimum absolute atomic E-state index is 0.352. The maximum atomic E-state index is 8.85. The summed E-state index contributed by atoms with van der Waals surface area (Å²) in [6.07, 6.45) is 0. The first-order valence-corrected chi connectivity index (χ1v) is 4.64. The van der Waals surface area contributed by atoms with Crippen molar-refractivity contribution in [3.05, 3.63) is 17.8 Å². The summed E-state index contributed by atoms with van der Waals surface area (Å²) in [6.45, 7) is 0. The second kappa shape index (κ2) is 3.66. The van der Waals surface area contributed by atoms with Crippen LogP contribution >= 0.6 is 0 Å². The van der Waals surface area contributed by atoms with E-state index < -0.39 is 0 Å². The van der Waals surface area contributed by atoms with Crippen molar-refractivity contribution in [2.24, 2.45) is 0 Å². The SMILES string of the molecule is COc1cc2[nH]c(C#N)c(N)c2cc1OC. The first kappa shape index (κ1) is 10.2. The van der Waals surface area contributed by atoms with Crippen molar-refractivity contribution in [3.63, 3.8) is 0 Å². The Labute approximate surface area is 92.4 Å². The van der Waals surface area contributed by atoms with Gasteiger partial charge in [-0.3, -0.25) is 0 Å². The first-order valence-electron chi connectivity index (χ1n) is 4.64. The van der Waals surface area contributed by atoms with E-state index in [4.69, 9.17) is 20.5 Å². The highest BCUT2D eigenvalue weighted by Gasteiger charge is 2.12. The number of rotatable bonds is 2. The minimum Gasteiger partial charge on any atom is -0.493 e. The van der Waals surface area contributed by atoms with Gasteiger partial charge in [-0.2, -0.15) is 5.26 Å². The number of benzene rings is 1. The number of nitrogens with two attached hydrogens (primary N) is 1. The second-order valence-corrected chi connectivity index (χ2v) is 3.28. The number of anilines is 1. The molecule has 0 spiro atoms. The first-order chi connectivity index (χ1) is 7.71. The molecule has 1 heterocycles. The molecular formula is C11H11N3O2. The van der Waals surface area contributed by atoms with Crippen molar-refractivity contribution in [1.29, 1.82) is 5.26 Å². The predicted molar refractivity (Wildman–Crippen MR) is 60.5 cm³/mol. The van der Waals surface area contributed by atoms with E-state index in [2.05, 4.69) is 4.98 Å². The fourth-order valence-corrected chi connectivity index (χ4v) is 1.63. The van der Waals surface area contributed by atoms with Crippen LogP contribution in [0.25, 0.3) is 10.9 Å². The van der Waals surface area contributed by atoms with Crippen LogP contribution < -0.4 is 15.2 Å². The fourth-order valence-electron chi connectivity index (χ4n) is 1.63. The van der Waals surface area contributed by atoms with Gasteiger partial charge in [0.15, 0.2) is 11.5 Å². The minimum atomic E-state index is 0.352. The average Bonchev–Trinajstić information content (AvgIpc) is 2.63. The number of nitrogens with zero attached hydrogens (tertiary/aromatic N) is 1. The van der Waals surface area contributed by atoms with Crippen molar-refractivity contribution < 1.29 is 9.47 Å². The van der Waals surface area contributed by atoms with Gasteiger partial charge in [-0.05, 0) is 6.07 Å². The summed E-state index contributed by atoms with van der Waals surface area (Å²) >= 11 is 0. The number of nitrogen functional groups attached to an aromatic ring is 1. The third kappa shape index (κ3) is 1.32. The van der Waals surface area contributed by atoms with Crippen LogP contribution in [0.2, 0.25) is 0 Å². The molecule has 0 fully saturated rings. The molecule has 0 aliphatic heterocycles. The van der Waals surface area contributed by atoms with Gasteiger partial charge in [-0.1, -0.05) is 0 Å². The lowest BCUT2D eigenvalue weighted by molar-refractivity contribution is 0.356. The zero-order valence-corrected chi connectivity index (χ0v) is 9.00. The molecule has 0 bridgehead atoms. The van der Waals surface area contributed by atoms with Crippen LogP contribution in [0.3, 0.4) is 0 Å². The molecule has 0 aliphatic carbocycles. The molecule has 16 heavy (non-hydrogen) atoms. The smallest absolute Gasteiger partial charge is 0.162 e. The molecule has 2 aromatic rings. The quantitative estimate of drug-likeness (QED) is 0.800. The van der Waals surface area contributed by atoms with E-state index in [-0.39, 0.29) is 0 Å². The average molecular weight is 217 g/mol. The van der Waals surface area contributed by atoms with Crippen LogP contribution in [0.4, 0.5) is 5.69 Å². The lowest BCUT2D eigenvalue weighted by atomic mass is 10.2. The normalized spacial score (nSPS) is 10.1. The van der Waals surface area contributed by atoms with Gasteiger partial charge in [0, 0.05) is 11.5 Å². The molecule has 82 valence electrons. The third-order valence-corrected chi connectivity index (χ3v) is 2.45. The number of nitriles is 1. The van der Waals surface area contributed by atoms with Crippen molar-refractivity contribution in [2.75, 3.05) is 20.0 Å². The predicted octanol–water partition coefficient (Wildman–Crippen LogP) is 1.64. The maximum Gasteiger partial charge on any atom is 0.162 e. The van der Waals surface area contributed by atoms with Gasteiger partial charge >= 0.3 is 0 Å². The van der Waals surface area contributed by atoms with Crippen molar-refractivity contribution >= 4 is 16.6 Å². The number of aromatic amines is 1. The Bertz CT molecular complexity index is 581. The molecule has 1 aromatic carbocycles. The van der Waals surface area contributed by atoms with Gasteiger partial charge in [-0.15, -0.1) is 0 Å². The summed E-state index contributed by atoms with van der Waals surface area (Å²) in [5.74, 6) is 1.19. The number of hydrogen-bond donors (Lipinski definition) is 2. The molecule has 0 aliphatic rings. The van der Waals surface area contributed by atoms with Crippen molar-refractivity contribution in [1.82, 2.24) is 4.98 Å². The number of fused-ring (bicyclic) bond motifs is 1. The van der Waals surface area contributed by atoms with E-state index in [0.717, 1.165) is 10.9 Å². The molecule has 3 N–H and O–H groups in total. The number of nitrogens with one attached hydrogen (secondary N) is 1. The Kier molecular flexibility index (Phi) is 2.33. The van der Waals surface area contributed by atoms with Gasteiger partial charge < -0.3 is 20.2 Å². The molecule has 0 unspecified atom stereocenters. The molecule has 1 aromatic heterocycles. The Morgan fingerprint density at radius 3 is 2.44 bits per heavy atom. The molecule has 5 heteroatoms. The molecule has 0 saturated carbocycles. The molecule has 2 rings (SSSR count). The summed E-state index contributed by atoms with van der Waals surface area (Å²) in [5, 5.41) is 9.61. The highest BCUT2D eigenvalue weighted by molar-refractivity contribution is 5.96. The Balaban J connectivity index is 2.77. The van der Waals surface area contributed by atoms with Crippen LogP contribution in [0.1, 0.15) is 5.69 Å². The number of ether oxygens (including phenoxy) is 2. The van der Waals surface area contributed by atoms with Crippen LogP contribution in [0.15, 0.2) is 12.1 Å². The van der Waals surface area contributed by atoms with E-state index in [1.165, 1.54) is 0 Å². The Hall–Kier alpha value is -2.35. The maximum absolute atomic E-state index is 8.85. The summed E-state index contributed by atoms with van der Waals surface area (Å²) in [6, 6.07) is 5.50. The molecule has 0 saturated heterocycles. The molecule has 0 atom stereocenters. The molecule has 0 amide bonds. The molecule has 5 nitrogen and oxygen atoms in total. The van der Waals surface area contributed by atoms with Crippen LogP contribution in [-0.4, -0.2) is 19.2 Å². The third-order valence-electron chi connectivity index (χ3n) is 2.45. The topological polar surface area (TPSA) is 84.1 Å². The number of hydrogen-bond acceptors (Lipinski definition) is 4. The van der Waals surface area contributed by atoms with E-state index in [1.54, 1.807) is 26.4 Å². The van der Waals surface area contributed by atoms with E-state index in [9.17, 15) is 0 Å². The van der Waals surface area contributed by atoms with E-state index >= 15 is 0 Å². The lowest BCUT2D eigenvalue weighted by Gasteiger charge is -2.07. The summed E-state index contributed by atoms with van der Waals surface area (Å²) in [7, 11) is 3.11. The van der Waals surface area contributed by atoms with E-state index in [1.807, 2.05) is 6.07 Å². The van der Waals surface area contributed by atoms with Crippen LogP contribution in [-0.2, 0) is 0 Å². The highest BCUT2D eigenvalue weighted by Crippen LogP contribution is 2.35. The largest absolute Gasteiger partial charge is 0.493 e. The van der Waals surface area contributed by atoms with E-state index in [0.29, 0.717) is 22.9 Å². The van der Waals surface area contributed by atoms with Crippen LogP contribution in [0, 0.1) is 11.3 Å². The highest BCUT2D eigenvalue weighted by atomic mass is 16.5. The Morgan fingerprint density at radius 2 is 1.88 bits per heavy atom. The van der Waals surface area contributed by atoms with Gasteiger partial charge in [0.05, 0.1) is 25.4 Å². The monoisotopic (exact) mass is 217 g/mol. The molecular weight excluding hydrogens is 206 g/mol.